The molecule has 0 aliphatic heterocycles. The van der Waals surface area contributed by atoms with Gasteiger partial charge in [-0.15, -0.1) is 0 Å². The van der Waals surface area contributed by atoms with Crippen molar-refractivity contribution in [1.82, 2.24) is 5.32 Å². The highest BCUT2D eigenvalue weighted by Gasteiger charge is 2.19. The first kappa shape index (κ1) is 16.3. The van der Waals surface area contributed by atoms with E-state index in [1.54, 1.807) is 0 Å². The lowest BCUT2D eigenvalue weighted by atomic mass is 10.0. The van der Waals surface area contributed by atoms with Gasteiger partial charge in [-0.1, -0.05) is 44.7 Å². The smallest absolute Gasteiger partial charge is 0.119 e. The number of hydrogen-bond donors (Lipinski definition) is 2. The number of benzene rings is 1. The molecule has 1 aliphatic carbocycles. The van der Waals surface area contributed by atoms with E-state index in [1.165, 1.54) is 31.2 Å². The van der Waals surface area contributed by atoms with Gasteiger partial charge in [-0.2, -0.15) is 0 Å². The monoisotopic (exact) mass is 291 g/mol. The highest BCUT2D eigenvalue weighted by Crippen LogP contribution is 2.28. The van der Waals surface area contributed by atoms with Crippen molar-refractivity contribution in [1.29, 1.82) is 0 Å². The van der Waals surface area contributed by atoms with Gasteiger partial charge in [-0.05, 0) is 43.5 Å². The minimum absolute atomic E-state index is 0.339. The van der Waals surface area contributed by atoms with Crippen molar-refractivity contribution in [2.75, 3.05) is 13.7 Å². The van der Waals surface area contributed by atoms with Gasteiger partial charge in [-0.3, -0.25) is 0 Å². The maximum atomic E-state index is 10.1. The van der Waals surface area contributed by atoms with Crippen molar-refractivity contribution >= 4 is 0 Å². The molecular weight excluding hydrogens is 262 g/mol. The van der Waals surface area contributed by atoms with E-state index in [2.05, 4.69) is 24.4 Å². The maximum absolute atomic E-state index is 10.1. The Morgan fingerprint density at radius 3 is 2.48 bits per heavy atom. The molecule has 1 aromatic rings. The molecule has 0 aromatic heterocycles. The molecule has 2 atom stereocenters. The van der Waals surface area contributed by atoms with E-state index in [0.717, 1.165) is 18.6 Å². The van der Waals surface area contributed by atoms with Crippen LogP contribution in [0.4, 0.5) is 0 Å². The zero-order valence-corrected chi connectivity index (χ0v) is 13.3. The number of aliphatic hydroxyl groups is 1. The van der Waals surface area contributed by atoms with E-state index in [9.17, 15) is 5.11 Å². The van der Waals surface area contributed by atoms with Gasteiger partial charge in [-0.25, -0.2) is 0 Å². The normalized spacial score (nSPS) is 18.6. The first-order valence-corrected chi connectivity index (χ1v) is 8.31. The lowest BCUT2D eigenvalue weighted by Gasteiger charge is -2.17. The predicted octanol–water partition coefficient (Wildman–Crippen LogP) is 3.68. The molecule has 118 valence electrons. The Hall–Kier alpha value is -1.06. The summed E-state index contributed by atoms with van der Waals surface area (Å²) in [5.74, 6) is 1.54. The van der Waals surface area contributed by atoms with E-state index < -0.39 is 0 Å². The molecule has 2 unspecified atom stereocenters. The number of aliphatic hydroxyl groups excluding tert-OH is 1. The van der Waals surface area contributed by atoms with Crippen LogP contribution in [0.25, 0.3) is 0 Å². The molecule has 1 fully saturated rings. The van der Waals surface area contributed by atoms with Gasteiger partial charge >= 0.3 is 0 Å². The van der Waals surface area contributed by atoms with Crippen LogP contribution in [0.2, 0.25) is 0 Å². The Bertz CT molecular complexity index is 394. The Labute approximate surface area is 128 Å². The van der Waals surface area contributed by atoms with Crippen LogP contribution in [0.5, 0.6) is 5.75 Å². The molecule has 1 aliphatic rings. The average molecular weight is 291 g/mol. The first-order chi connectivity index (χ1) is 10.2. The first-order valence-electron chi connectivity index (χ1n) is 8.31. The fourth-order valence-electron chi connectivity index (χ4n) is 3.29. The molecule has 2 rings (SSSR count). The van der Waals surface area contributed by atoms with Crippen LogP contribution in [-0.4, -0.2) is 24.9 Å². The van der Waals surface area contributed by atoms with Crippen LogP contribution >= 0.6 is 0 Å². The molecule has 3 nitrogen and oxygen atoms in total. The summed E-state index contributed by atoms with van der Waals surface area (Å²) in [6, 6.07) is 8.59. The summed E-state index contributed by atoms with van der Waals surface area (Å²) in [5.41, 5.74) is 1.28. The van der Waals surface area contributed by atoms with E-state index in [4.69, 9.17) is 4.74 Å². The van der Waals surface area contributed by atoms with Gasteiger partial charge in [0.25, 0.3) is 0 Å². The summed E-state index contributed by atoms with van der Waals surface area (Å²) in [6.45, 7) is 2.57. The SMILES string of the molecule is CCC(NC)c1ccc(OCC(O)CC2CCCC2)cc1. The number of rotatable bonds is 8. The van der Waals surface area contributed by atoms with Crippen molar-refractivity contribution in [3.05, 3.63) is 29.8 Å². The zero-order chi connectivity index (χ0) is 15.1. The Morgan fingerprint density at radius 2 is 1.90 bits per heavy atom. The van der Waals surface area contributed by atoms with Crippen LogP contribution in [-0.2, 0) is 0 Å². The highest BCUT2D eigenvalue weighted by atomic mass is 16.5. The van der Waals surface area contributed by atoms with Crippen LogP contribution in [0.3, 0.4) is 0 Å². The summed E-state index contributed by atoms with van der Waals surface area (Å²) >= 11 is 0. The predicted molar refractivity (Wildman–Crippen MR) is 86.6 cm³/mol. The van der Waals surface area contributed by atoms with E-state index in [1.807, 2.05) is 19.2 Å². The van der Waals surface area contributed by atoms with Gasteiger partial charge in [0.05, 0.1) is 6.10 Å². The van der Waals surface area contributed by atoms with E-state index >= 15 is 0 Å². The van der Waals surface area contributed by atoms with Crippen LogP contribution in [0.15, 0.2) is 24.3 Å². The lowest BCUT2D eigenvalue weighted by Crippen LogP contribution is -2.20. The fraction of sp³-hybridized carbons (Fsp3) is 0.667. The maximum Gasteiger partial charge on any atom is 0.119 e. The standard InChI is InChI=1S/C18H29NO2/c1-3-18(19-2)15-8-10-17(11-9-15)21-13-16(20)12-14-6-4-5-7-14/h8-11,14,16,18-20H,3-7,12-13H2,1-2H3. The molecule has 2 N–H and O–H groups in total. The third-order valence-corrected chi connectivity index (χ3v) is 4.56. The quantitative estimate of drug-likeness (QED) is 0.768. The number of hydrogen-bond acceptors (Lipinski definition) is 3. The average Bonchev–Trinajstić information content (AvgIpc) is 3.00. The van der Waals surface area contributed by atoms with Gasteiger partial charge in [0.1, 0.15) is 12.4 Å². The van der Waals surface area contributed by atoms with Crippen molar-refractivity contribution in [2.45, 2.75) is 57.6 Å². The Kier molecular flexibility index (Phi) is 6.52. The molecular formula is C18H29NO2. The molecule has 0 saturated heterocycles. The van der Waals surface area contributed by atoms with E-state index in [-0.39, 0.29) is 6.10 Å². The molecule has 3 heteroatoms. The topological polar surface area (TPSA) is 41.5 Å². The van der Waals surface area contributed by atoms with Crippen molar-refractivity contribution in [3.8, 4) is 5.75 Å². The minimum atomic E-state index is -0.339. The summed E-state index contributed by atoms with van der Waals surface area (Å²) in [7, 11) is 1.98. The largest absolute Gasteiger partial charge is 0.491 e. The lowest BCUT2D eigenvalue weighted by molar-refractivity contribution is 0.0855. The Morgan fingerprint density at radius 1 is 1.24 bits per heavy atom. The van der Waals surface area contributed by atoms with Crippen molar-refractivity contribution in [2.24, 2.45) is 5.92 Å². The van der Waals surface area contributed by atoms with Crippen LogP contribution in [0, 0.1) is 5.92 Å². The summed E-state index contributed by atoms with van der Waals surface area (Å²) in [5, 5.41) is 13.4. The number of ether oxygens (including phenoxy) is 1. The second-order valence-corrected chi connectivity index (χ2v) is 6.17. The van der Waals surface area contributed by atoms with Gasteiger partial charge in [0, 0.05) is 6.04 Å². The molecule has 0 bridgehead atoms. The Balaban J connectivity index is 1.77. The van der Waals surface area contributed by atoms with Crippen molar-refractivity contribution < 1.29 is 9.84 Å². The van der Waals surface area contributed by atoms with Crippen LogP contribution in [0.1, 0.15) is 57.1 Å². The fourth-order valence-corrected chi connectivity index (χ4v) is 3.29. The van der Waals surface area contributed by atoms with Crippen LogP contribution < -0.4 is 10.1 Å². The van der Waals surface area contributed by atoms with Gasteiger partial charge in [0.15, 0.2) is 0 Å². The highest BCUT2D eigenvalue weighted by molar-refractivity contribution is 5.29. The number of nitrogens with one attached hydrogen (secondary N) is 1. The molecule has 0 heterocycles. The summed E-state index contributed by atoms with van der Waals surface area (Å²) < 4.78 is 5.71. The van der Waals surface area contributed by atoms with Gasteiger partial charge < -0.3 is 15.2 Å². The minimum Gasteiger partial charge on any atom is -0.491 e. The molecule has 0 amide bonds. The second-order valence-electron chi connectivity index (χ2n) is 6.17. The third kappa shape index (κ3) is 5.01. The molecule has 21 heavy (non-hydrogen) atoms. The molecule has 1 saturated carbocycles. The summed E-state index contributed by atoms with van der Waals surface area (Å²) in [6.07, 6.45) is 6.80. The zero-order valence-electron chi connectivity index (χ0n) is 13.3. The van der Waals surface area contributed by atoms with E-state index in [0.29, 0.717) is 18.6 Å². The van der Waals surface area contributed by atoms with Gasteiger partial charge in [0.2, 0.25) is 0 Å². The molecule has 0 radical (unpaired) electrons. The van der Waals surface area contributed by atoms with Crippen molar-refractivity contribution in [3.63, 3.8) is 0 Å². The molecule has 0 spiro atoms. The third-order valence-electron chi connectivity index (χ3n) is 4.56. The molecule has 1 aromatic carbocycles. The second kappa shape index (κ2) is 8.40. The summed E-state index contributed by atoms with van der Waals surface area (Å²) in [4.78, 5) is 0.